The molecule has 0 aliphatic rings. The summed E-state index contributed by atoms with van der Waals surface area (Å²) in [5.74, 6) is -1.77. The van der Waals surface area contributed by atoms with E-state index in [1.807, 2.05) is 6.92 Å². The molecule has 0 aromatic heterocycles. The molecule has 0 aliphatic carbocycles. The Morgan fingerprint density at radius 2 is 1.05 bits per heavy atom. The summed E-state index contributed by atoms with van der Waals surface area (Å²) < 4.78 is 78.0. The molecule has 0 unspecified atom stereocenters. The van der Waals surface area contributed by atoms with E-state index in [9.17, 15) is 46.1 Å². The number of phenols is 1. The van der Waals surface area contributed by atoms with Crippen LogP contribution in [0, 0.1) is 13.8 Å². The first-order valence-electron chi connectivity index (χ1n) is 22.1. The predicted octanol–water partition coefficient (Wildman–Crippen LogP) is 11.8. The van der Waals surface area contributed by atoms with Gasteiger partial charge < -0.3 is 30.1 Å². The van der Waals surface area contributed by atoms with Gasteiger partial charge in [0, 0.05) is 20.8 Å². The van der Waals surface area contributed by atoms with Crippen molar-refractivity contribution < 1.29 is 55.5 Å². The van der Waals surface area contributed by atoms with Crippen molar-refractivity contribution in [2.45, 2.75) is 37.5 Å². The summed E-state index contributed by atoms with van der Waals surface area (Å²) >= 11 is 11.9. The zero-order chi connectivity index (χ0) is 53.5. The number of hydrogen-bond acceptors (Lipinski definition) is 15. The third-order valence-corrected chi connectivity index (χ3v) is 13.0. The van der Waals surface area contributed by atoms with Crippen molar-refractivity contribution in [1.29, 1.82) is 0 Å². The molecule has 380 valence electrons. The van der Waals surface area contributed by atoms with Crippen molar-refractivity contribution in [2.75, 3.05) is 18.5 Å². The molecule has 0 radical (unpaired) electrons. The van der Waals surface area contributed by atoms with Crippen LogP contribution in [0.2, 0.25) is 10.0 Å². The number of ether oxygens (including phenoxy) is 2. The summed E-state index contributed by atoms with van der Waals surface area (Å²) in [5.41, 5.74) is 0.382. The Morgan fingerprint density at radius 1 is 0.613 bits per heavy atom. The van der Waals surface area contributed by atoms with Gasteiger partial charge in [-0.25, -0.2) is 0 Å². The number of para-hydroxylation sites is 4. The van der Waals surface area contributed by atoms with Crippen molar-refractivity contribution in [3.05, 3.63) is 166 Å². The maximum atomic E-state index is 13.4. The van der Waals surface area contributed by atoms with Crippen LogP contribution >= 0.6 is 23.2 Å². The third-order valence-electron chi connectivity index (χ3n) is 10.8. The van der Waals surface area contributed by atoms with Crippen molar-refractivity contribution in [1.82, 2.24) is 0 Å². The fraction of sp³-hybridized carbons (Fsp3) is 0.115. The number of phenolic OH excluding ortho intramolecular Hbond substituents is 1. The van der Waals surface area contributed by atoms with Gasteiger partial charge in [-0.1, -0.05) is 102 Å². The van der Waals surface area contributed by atoms with Crippen LogP contribution in [0.3, 0.4) is 0 Å². The van der Waals surface area contributed by atoms with E-state index < -0.39 is 53.3 Å². The molecule has 0 saturated heterocycles. The van der Waals surface area contributed by atoms with Gasteiger partial charge in [0.1, 0.15) is 44.0 Å². The first kappa shape index (κ1) is 57.9. The second kappa shape index (κ2) is 25.0. The molecule has 18 nitrogen and oxygen atoms in total. The average Bonchev–Trinajstić information content (AvgIpc) is 3.34. The van der Waals surface area contributed by atoms with E-state index in [-0.39, 0.29) is 98.5 Å². The smallest absolute Gasteiger partial charge is 0.871 e. The van der Waals surface area contributed by atoms with E-state index in [1.54, 1.807) is 111 Å². The van der Waals surface area contributed by atoms with Gasteiger partial charge in [0.2, 0.25) is 0 Å². The molecule has 0 bridgehead atoms. The van der Waals surface area contributed by atoms with Crippen molar-refractivity contribution in [2.24, 2.45) is 25.4 Å². The van der Waals surface area contributed by atoms with E-state index >= 15 is 0 Å². The monoisotopic (exact) mass is 1210 g/mol. The molecule has 4 N–H and O–H groups in total. The number of hydrogen-bond donors (Lipinski definition) is 4. The molecule has 0 fully saturated rings. The molecule has 8 aromatic carbocycles. The van der Waals surface area contributed by atoms with Gasteiger partial charge in [0.05, 0.1) is 30.2 Å². The van der Waals surface area contributed by atoms with Crippen molar-refractivity contribution in [3.8, 4) is 23.0 Å². The SMILES string of the molecule is CCOc1ccccc1N=C([O-])c1cc2ccccc2c(N=Nc2c(C)cc(Cl)cc2S(=O)(=O)O)c1[O-].CCOc1ccccc1NC(=O)c1cc2ccccc2c(N=Nc2c(C)cc(Cl)cc2S(=O)(=O)O)c1O.[Ba+2]. The summed E-state index contributed by atoms with van der Waals surface area (Å²) in [6.45, 7) is 7.45. The standard InChI is InChI=1S/2C26H22ClN3O6S.Ba/c2*1-3-36-21-11-7-6-10-20(21)28-26(32)19-13-16-8-4-5-9-18(16)24(25(19)31)30-29-23-15(2)12-17(27)14-22(23)37(33,34)35;/h2*4-14,31H,3H2,1-2H3,(H,28,32)(H,33,34,35);/q;;+2/p-2. The van der Waals surface area contributed by atoms with Crippen LogP contribution in [-0.4, -0.2) is 105 Å². The first-order valence-corrected chi connectivity index (χ1v) is 25.7. The maximum absolute atomic E-state index is 13.4. The number of amides is 1. The average molecular weight is 1220 g/mol. The van der Waals surface area contributed by atoms with Crippen LogP contribution in [0.4, 0.5) is 34.1 Å². The Kier molecular flexibility index (Phi) is 19.3. The van der Waals surface area contributed by atoms with Gasteiger partial charge in [-0.15, -0.1) is 15.3 Å². The topological polar surface area (TPSA) is 284 Å². The molecule has 8 rings (SSSR count). The Balaban J connectivity index is 0.000000241. The minimum Gasteiger partial charge on any atom is -0.871 e. The van der Waals surface area contributed by atoms with Gasteiger partial charge in [-0.3, -0.25) is 18.9 Å². The molecular formula is C52H42BaCl2N6O12S2. The number of nitrogens with one attached hydrogen (secondary N) is 1. The number of carbonyl (C=O) groups is 1. The fourth-order valence-electron chi connectivity index (χ4n) is 7.46. The number of azo groups is 2. The van der Waals surface area contributed by atoms with Crippen molar-refractivity contribution in [3.63, 3.8) is 0 Å². The predicted molar refractivity (Wildman–Crippen MR) is 284 cm³/mol. The Hall–Kier alpha value is -6.41. The minimum atomic E-state index is -4.70. The summed E-state index contributed by atoms with van der Waals surface area (Å²) in [5, 5.41) is 58.7. The second-order valence-corrected chi connectivity index (χ2v) is 19.5. The van der Waals surface area contributed by atoms with E-state index in [4.69, 9.17) is 32.7 Å². The zero-order valence-electron chi connectivity index (χ0n) is 40.1. The van der Waals surface area contributed by atoms with E-state index in [1.165, 1.54) is 31.2 Å². The molecule has 1 amide bonds. The molecule has 0 spiro atoms. The van der Waals surface area contributed by atoms with Crippen LogP contribution < -0.4 is 25.0 Å². The van der Waals surface area contributed by atoms with E-state index in [0.717, 1.165) is 12.1 Å². The summed E-state index contributed by atoms with van der Waals surface area (Å²) in [6, 6.07) is 35.1. The third kappa shape index (κ3) is 13.7. The van der Waals surface area contributed by atoms with Crippen LogP contribution in [-0.2, 0) is 20.2 Å². The number of benzene rings is 8. The van der Waals surface area contributed by atoms with Gasteiger partial charge >= 0.3 is 48.9 Å². The second-order valence-electron chi connectivity index (χ2n) is 15.9. The number of aromatic hydroxyl groups is 1. The number of halogens is 2. The summed E-state index contributed by atoms with van der Waals surface area (Å²) in [6.07, 6.45) is 0. The molecule has 0 atom stereocenters. The van der Waals surface area contributed by atoms with E-state index in [0.29, 0.717) is 63.1 Å². The Bertz CT molecular complexity index is 3830. The number of fused-ring (bicyclic) bond motifs is 2. The Morgan fingerprint density at radius 3 is 1.60 bits per heavy atom. The molecule has 23 heteroatoms. The van der Waals surface area contributed by atoms with E-state index in [2.05, 4.69) is 30.8 Å². The largest absolute Gasteiger partial charge is 2.00 e. The number of anilines is 1. The molecule has 8 aromatic rings. The van der Waals surface area contributed by atoms with Crippen LogP contribution in [0.15, 0.2) is 169 Å². The fourth-order valence-corrected chi connectivity index (χ4v) is 9.58. The number of rotatable bonds is 14. The minimum absolute atomic E-state index is 0. The number of aliphatic imine (C=N–C) groups is 1. The first-order chi connectivity index (χ1) is 35.2. The summed E-state index contributed by atoms with van der Waals surface area (Å²) in [4.78, 5) is 16.2. The van der Waals surface area contributed by atoms with Crippen LogP contribution in [0.25, 0.3) is 21.5 Å². The number of carbonyl (C=O) groups excluding carboxylic acids is 1. The van der Waals surface area contributed by atoms with Gasteiger partial charge in [-0.2, -0.15) is 21.9 Å². The maximum Gasteiger partial charge on any atom is 2.00 e. The molecule has 0 heterocycles. The normalized spacial score (nSPS) is 11.9. The van der Waals surface area contributed by atoms with Crippen LogP contribution in [0.5, 0.6) is 23.0 Å². The molecule has 0 aliphatic heterocycles. The zero-order valence-corrected chi connectivity index (χ0v) is 47.7. The molecule has 75 heavy (non-hydrogen) atoms. The number of nitrogens with zero attached hydrogens (tertiary/aromatic N) is 5. The molecule has 0 saturated carbocycles. The van der Waals surface area contributed by atoms with Gasteiger partial charge in [0.15, 0.2) is 5.75 Å². The summed E-state index contributed by atoms with van der Waals surface area (Å²) in [7, 11) is -9.38. The number of aryl methyl sites for hydroxylation is 2. The Labute approximate surface area is 481 Å². The quantitative estimate of drug-likeness (QED) is 0.0260. The molecular weight excluding hydrogens is 1170 g/mol. The van der Waals surface area contributed by atoms with Crippen LogP contribution in [0.1, 0.15) is 40.9 Å². The van der Waals surface area contributed by atoms with Gasteiger partial charge in [-0.05, 0) is 122 Å². The van der Waals surface area contributed by atoms with Gasteiger partial charge in [0.25, 0.3) is 26.1 Å². The van der Waals surface area contributed by atoms with Crippen molar-refractivity contribution >= 4 is 160 Å².